The molecule has 0 radical (unpaired) electrons. The van der Waals surface area contributed by atoms with Crippen LogP contribution in [0.2, 0.25) is 0 Å². The molecular weight excluding hydrogens is 336 g/mol. The monoisotopic (exact) mass is 350 g/mol. The second-order valence-corrected chi connectivity index (χ2v) is 5.95. The second-order valence-electron chi connectivity index (χ2n) is 5.00. The molecule has 1 heterocycles. The highest BCUT2D eigenvalue weighted by atomic mass is 32.1. The van der Waals surface area contributed by atoms with Gasteiger partial charge in [0.25, 0.3) is 5.91 Å². The lowest BCUT2D eigenvalue weighted by Gasteiger charge is -2.03. The fourth-order valence-electron chi connectivity index (χ4n) is 2.03. The Morgan fingerprint density at radius 3 is 2.60 bits per heavy atom. The van der Waals surface area contributed by atoms with Crippen molar-refractivity contribution in [2.45, 2.75) is 0 Å². The highest BCUT2D eigenvalue weighted by Crippen LogP contribution is 2.16. The Labute approximate surface area is 148 Å². The number of hydrogen-bond donors (Lipinski definition) is 1. The lowest BCUT2D eigenvalue weighted by atomic mass is 10.2. The number of nitrogens with one attached hydrogen (secondary N) is 1. The van der Waals surface area contributed by atoms with E-state index in [0.29, 0.717) is 21.8 Å². The first kappa shape index (κ1) is 16.6. The van der Waals surface area contributed by atoms with Crippen LogP contribution in [0.25, 0.3) is 0 Å². The number of ether oxygens (including phenoxy) is 1. The van der Waals surface area contributed by atoms with Gasteiger partial charge in [-0.1, -0.05) is 36.4 Å². The maximum Gasteiger partial charge on any atom is 0.353 e. The number of rotatable bonds is 5. The second kappa shape index (κ2) is 8.03. The number of carbonyl (C=O) groups excluding carboxylic acids is 2. The van der Waals surface area contributed by atoms with E-state index < -0.39 is 5.97 Å². The topological polar surface area (TPSA) is 67.8 Å². The number of thiophene rings is 1. The Morgan fingerprint density at radius 2 is 1.84 bits per heavy atom. The van der Waals surface area contributed by atoms with Crippen LogP contribution in [0, 0.1) is 0 Å². The number of hydrazone groups is 1. The molecule has 0 saturated heterocycles. The van der Waals surface area contributed by atoms with Crippen molar-refractivity contribution in [1.82, 2.24) is 5.43 Å². The van der Waals surface area contributed by atoms with E-state index in [2.05, 4.69) is 10.5 Å². The molecule has 0 unspecified atom stereocenters. The summed E-state index contributed by atoms with van der Waals surface area (Å²) >= 11 is 1.32. The molecule has 1 aromatic heterocycles. The third-order valence-electron chi connectivity index (χ3n) is 3.21. The van der Waals surface area contributed by atoms with Gasteiger partial charge in [0.2, 0.25) is 0 Å². The van der Waals surface area contributed by atoms with Gasteiger partial charge in [0.15, 0.2) is 0 Å². The Hall–Kier alpha value is -3.25. The molecule has 1 amide bonds. The van der Waals surface area contributed by atoms with Crippen LogP contribution in [-0.2, 0) is 0 Å². The molecule has 0 spiro atoms. The quantitative estimate of drug-likeness (QED) is 0.330. The van der Waals surface area contributed by atoms with E-state index in [1.165, 1.54) is 17.6 Å². The lowest BCUT2D eigenvalue weighted by Crippen LogP contribution is -2.17. The number of amides is 1. The van der Waals surface area contributed by atoms with Crippen molar-refractivity contribution in [3.63, 3.8) is 0 Å². The molecule has 0 fully saturated rings. The summed E-state index contributed by atoms with van der Waals surface area (Å²) in [5, 5.41) is 5.74. The molecule has 0 aliphatic carbocycles. The number of hydrogen-bond acceptors (Lipinski definition) is 5. The molecular formula is C19H14N2O3S. The SMILES string of the molecule is O=C(N/N=C/c1cccc(OC(=O)c2cccs2)c1)c1ccccc1. The smallest absolute Gasteiger partial charge is 0.353 e. The minimum absolute atomic E-state index is 0.294. The zero-order chi connectivity index (χ0) is 17.5. The van der Waals surface area contributed by atoms with Gasteiger partial charge < -0.3 is 4.74 Å². The molecule has 0 bridgehead atoms. The Morgan fingerprint density at radius 1 is 1.00 bits per heavy atom. The third kappa shape index (κ3) is 4.62. The molecule has 3 aromatic rings. The van der Waals surface area contributed by atoms with Gasteiger partial charge in [-0.05, 0) is 41.3 Å². The molecule has 124 valence electrons. The summed E-state index contributed by atoms with van der Waals surface area (Å²) in [6, 6.07) is 19.2. The van der Waals surface area contributed by atoms with Crippen LogP contribution < -0.4 is 10.2 Å². The van der Waals surface area contributed by atoms with Crippen LogP contribution in [-0.4, -0.2) is 18.1 Å². The predicted molar refractivity (Wildman–Crippen MR) is 97.2 cm³/mol. The van der Waals surface area contributed by atoms with Crippen molar-refractivity contribution < 1.29 is 14.3 Å². The van der Waals surface area contributed by atoms with Crippen molar-refractivity contribution in [2.75, 3.05) is 0 Å². The number of carbonyl (C=O) groups is 2. The minimum Gasteiger partial charge on any atom is -0.422 e. The summed E-state index contributed by atoms with van der Waals surface area (Å²) < 4.78 is 5.32. The molecule has 25 heavy (non-hydrogen) atoms. The van der Waals surface area contributed by atoms with Crippen molar-refractivity contribution in [3.8, 4) is 5.75 Å². The van der Waals surface area contributed by atoms with Crippen LogP contribution in [0.5, 0.6) is 5.75 Å². The normalized spacial score (nSPS) is 10.6. The summed E-state index contributed by atoms with van der Waals surface area (Å²) in [6.07, 6.45) is 1.49. The van der Waals surface area contributed by atoms with Crippen molar-refractivity contribution >= 4 is 29.4 Å². The maximum atomic E-state index is 11.9. The average molecular weight is 350 g/mol. The highest BCUT2D eigenvalue weighted by Gasteiger charge is 2.09. The standard InChI is InChI=1S/C19H14N2O3S/c22-18(15-7-2-1-3-8-15)21-20-13-14-6-4-9-16(12-14)24-19(23)17-10-5-11-25-17/h1-13H,(H,21,22)/b20-13+. The van der Waals surface area contributed by atoms with Crippen LogP contribution in [0.3, 0.4) is 0 Å². The Bertz CT molecular complexity index is 890. The molecule has 0 aliphatic rings. The van der Waals surface area contributed by atoms with Gasteiger partial charge in [-0.15, -0.1) is 11.3 Å². The highest BCUT2D eigenvalue weighted by molar-refractivity contribution is 7.12. The van der Waals surface area contributed by atoms with E-state index in [1.54, 1.807) is 60.7 Å². The maximum absolute atomic E-state index is 11.9. The van der Waals surface area contributed by atoms with Crippen LogP contribution in [0.15, 0.2) is 77.2 Å². The largest absolute Gasteiger partial charge is 0.422 e. The first-order chi connectivity index (χ1) is 12.2. The van der Waals surface area contributed by atoms with Crippen LogP contribution >= 0.6 is 11.3 Å². The summed E-state index contributed by atoms with van der Waals surface area (Å²) in [4.78, 5) is 24.4. The summed E-state index contributed by atoms with van der Waals surface area (Å²) in [6.45, 7) is 0. The van der Waals surface area contributed by atoms with Gasteiger partial charge in [-0.2, -0.15) is 5.10 Å². The molecule has 0 saturated carbocycles. The molecule has 2 aromatic carbocycles. The van der Waals surface area contributed by atoms with E-state index >= 15 is 0 Å². The minimum atomic E-state index is -0.401. The predicted octanol–water partition coefficient (Wildman–Crippen LogP) is 3.73. The fraction of sp³-hybridized carbons (Fsp3) is 0. The molecule has 0 aliphatic heterocycles. The molecule has 3 rings (SSSR count). The van der Waals surface area contributed by atoms with Gasteiger partial charge in [-0.25, -0.2) is 10.2 Å². The summed E-state index contributed by atoms with van der Waals surface area (Å²) in [7, 11) is 0. The first-order valence-electron chi connectivity index (χ1n) is 7.46. The molecule has 0 atom stereocenters. The lowest BCUT2D eigenvalue weighted by molar-refractivity contribution is 0.0739. The summed E-state index contributed by atoms with van der Waals surface area (Å²) in [5.74, 6) is -0.282. The van der Waals surface area contributed by atoms with E-state index in [1.807, 2.05) is 11.4 Å². The van der Waals surface area contributed by atoms with Gasteiger partial charge in [-0.3, -0.25) is 4.79 Å². The molecule has 1 N–H and O–H groups in total. The zero-order valence-electron chi connectivity index (χ0n) is 13.1. The molecule has 6 heteroatoms. The number of nitrogens with zero attached hydrogens (tertiary/aromatic N) is 1. The van der Waals surface area contributed by atoms with Gasteiger partial charge in [0.05, 0.1) is 6.21 Å². The van der Waals surface area contributed by atoms with E-state index in [9.17, 15) is 9.59 Å². The van der Waals surface area contributed by atoms with E-state index in [-0.39, 0.29) is 5.91 Å². The van der Waals surface area contributed by atoms with Gasteiger partial charge in [0.1, 0.15) is 10.6 Å². The first-order valence-corrected chi connectivity index (χ1v) is 8.34. The number of esters is 1. The van der Waals surface area contributed by atoms with E-state index in [0.717, 1.165) is 0 Å². The van der Waals surface area contributed by atoms with Crippen molar-refractivity contribution in [1.29, 1.82) is 0 Å². The third-order valence-corrected chi connectivity index (χ3v) is 4.06. The van der Waals surface area contributed by atoms with Crippen LogP contribution in [0.1, 0.15) is 25.6 Å². The number of benzene rings is 2. The zero-order valence-corrected chi connectivity index (χ0v) is 13.9. The molecule has 5 nitrogen and oxygen atoms in total. The Balaban J connectivity index is 1.61. The van der Waals surface area contributed by atoms with Crippen molar-refractivity contribution in [3.05, 3.63) is 88.1 Å². The van der Waals surface area contributed by atoms with Crippen LogP contribution in [0.4, 0.5) is 0 Å². The van der Waals surface area contributed by atoms with Gasteiger partial charge in [0, 0.05) is 5.56 Å². The average Bonchev–Trinajstić information content (AvgIpc) is 3.17. The van der Waals surface area contributed by atoms with Gasteiger partial charge >= 0.3 is 5.97 Å². The van der Waals surface area contributed by atoms with E-state index in [4.69, 9.17) is 4.74 Å². The fourth-order valence-corrected chi connectivity index (χ4v) is 2.63. The van der Waals surface area contributed by atoms with Crippen molar-refractivity contribution in [2.24, 2.45) is 5.10 Å². The summed E-state index contributed by atoms with van der Waals surface area (Å²) in [5.41, 5.74) is 3.68. The Kier molecular flexibility index (Phi) is 5.33.